The quantitative estimate of drug-likeness (QED) is 0.774. The number of methoxy groups -OCH3 is 1. The Morgan fingerprint density at radius 3 is 3.08 bits per heavy atom. The number of para-hydroxylation sites is 1. The zero-order chi connectivity index (χ0) is 17.2. The second kappa shape index (κ2) is 6.57. The first-order valence-corrected chi connectivity index (χ1v) is 8.15. The van der Waals surface area contributed by atoms with Gasteiger partial charge in [-0.15, -0.1) is 0 Å². The number of oxazole rings is 1. The molecule has 2 heterocycles. The van der Waals surface area contributed by atoms with Crippen LogP contribution in [0, 0.1) is 0 Å². The van der Waals surface area contributed by atoms with E-state index in [1.807, 2.05) is 24.3 Å². The van der Waals surface area contributed by atoms with Gasteiger partial charge in [0.1, 0.15) is 17.9 Å². The fourth-order valence-electron chi connectivity index (χ4n) is 2.93. The number of rotatable bonds is 5. The van der Waals surface area contributed by atoms with Gasteiger partial charge in [0.25, 0.3) is 5.91 Å². The lowest BCUT2D eigenvalue weighted by molar-refractivity contribution is 0.0930. The van der Waals surface area contributed by atoms with Gasteiger partial charge in [0.15, 0.2) is 11.5 Å². The maximum absolute atomic E-state index is 12.6. The fourth-order valence-corrected chi connectivity index (χ4v) is 2.93. The lowest BCUT2D eigenvalue weighted by atomic mass is 10.1. The van der Waals surface area contributed by atoms with E-state index in [-0.39, 0.29) is 11.9 Å². The highest BCUT2D eigenvalue weighted by Crippen LogP contribution is 2.31. The van der Waals surface area contributed by atoms with Crippen molar-refractivity contribution in [2.75, 3.05) is 20.3 Å². The molecule has 0 saturated carbocycles. The van der Waals surface area contributed by atoms with E-state index >= 15 is 0 Å². The van der Waals surface area contributed by atoms with Crippen LogP contribution in [0.1, 0.15) is 27.9 Å². The average Bonchev–Trinajstić information content (AvgIpc) is 3.23. The Morgan fingerprint density at radius 1 is 1.32 bits per heavy atom. The molecule has 4 rings (SSSR count). The SMILES string of the molecule is COCCc1nc2ccc(C(=O)N[C@@H]3COc4ccccc43)cc2o1. The predicted octanol–water partition coefficient (Wildman–Crippen LogP) is 2.88. The molecule has 2 aromatic carbocycles. The van der Waals surface area contributed by atoms with Gasteiger partial charge in [-0.25, -0.2) is 4.98 Å². The lowest BCUT2D eigenvalue weighted by Gasteiger charge is -2.11. The van der Waals surface area contributed by atoms with Crippen LogP contribution in [0.4, 0.5) is 0 Å². The molecule has 128 valence electrons. The van der Waals surface area contributed by atoms with E-state index in [4.69, 9.17) is 13.9 Å². The Labute approximate surface area is 144 Å². The minimum Gasteiger partial charge on any atom is -0.491 e. The molecule has 0 aliphatic carbocycles. The van der Waals surface area contributed by atoms with Gasteiger partial charge in [0.2, 0.25) is 0 Å². The van der Waals surface area contributed by atoms with Crippen molar-refractivity contribution in [1.29, 1.82) is 0 Å². The molecule has 1 N–H and O–H groups in total. The fraction of sp³-hybridized carbons (Fsp3) is 0.263. The van der Waals surface area contributed by atoms with Gasteiger partial charge in [-0.3, -0.25) is 4.79 Å². The molecule has 0 saturated heterocycles. The van der Waals surface area contributed by atoms with Crippen LogP contribution in [0.3, 0.4) is 0 Å². The van der Waals surface area contributed by atoms with Crippen molar-refractivity contribution in [2.45, 2.75) is 12.5 Å². The molecule has 1 aromatic heterocycles. The third-order valence-electron chi connectivity index (χ3n) is 4.22. The number of nitrogens with one attached hydrogen (secondary N) is 1. The number of aromatic nitrogens is 1. The maximum atomic E-state index is 12.6. The summed E-state index contributed by atoms with van der Waals surface area (Å²) in [6, 6.07) is 12.8. The number of carbonyl (C=O) groups is 1. The molecule has 0 fully saturated rings. The van der Waals surface area contributed by atoms with Crippen molar-refractivity contribution in [3.63, 3.8) is 0 Å². The zero-order valence-corrected chi connectivity index (χ0v) is 13.8. The van der Waals surface area contributed by atoms with E-state index in [2.05, 4.69) is 10.3 Å². The van der Waals surface area contributed by atoms with Crippen LogP contribution in [0.15, 0.2) is 46.9 Å². The maximum Gasteiger partial charge on any atom is 0.252 e. The molecule has 1 aliphatic rings. The molecule has 0 bridgehead atoms. The highest BCUT2D eigenvalue weighted by atomic mass is 16.5. The van der Waals surface area contributed by atoms with E-state index in [9.17, 15) is 4.79 Å². The normalized spacial score (nSPS) is 15.8. The number of benzene rings is 2. The molecule has 6 heteroatoms. The summed E-state index contributed by atoms with van der Waals surface area (Å²) in [7, 11) is 1.63. The molecule has 6 nitrogen and oxygen atoms in total. The molecule has 1 amide bonds. The molecular formula is C19H18N2O4. The van der Waals surface area contributed by atoms with Crippen molar-refractivity contribution in [3.8, 4) is 5.75 Å². The van der Waals surface area contributed by atoms with E-state index in [0.717, 1.165) is 16.8 Å². The minimum absolute atomic E-state index is 0.147. The Kier molecular flexibility index (Phi) is 4.11. The number of fused-ring (bicyclic) bond motifs is 2. The lowest BCUT2D eigenvalue weighted by Crippen LogP contribution is -2.29. The Morgan fingerprint density at radius 2 is 2.20 bits per heavy atom. The van der Waals surface area contributed by atoms with Crippen LogP contribution >= 0.6 is 0 Å². The molecule has 3 aromatic rings. The average molecular weight is 338 g/mol. The number of carbonyl (C=O) groups excluding carboxylic acids is 1. The minimum atomic E-state index is -0.165. The summed E-state index contributed by atoms with van der Waals surface area (Å²) in [5.41, 5.74) is 2.86. The van der Waals surface area contributed by atoms with Gasteiger partial charge in [-0.1, -0.05) is 18.2 Å². The molecular weight excluding hydrogens is 320 g/mol. The molecule has 0 spiro atoms. The van der Waals surface area contributed by atoms with Crippen molar-refractivity contribution >= 4 is 17.0 Å². The van der Waals surface area contributed by atoms with Crippen molar-refractivity contribution in [3.05, 3.63) is 59.5 Å². The summed E-state index contributed by atoms with van der Waals surface area (Å²) < 4.78 is 16.3. The van der Waals surface area contributed by atoms with Crippen molar-refractivity contribution in [1.82, 2.24) is 10.3 Å². The highest BCUT2D eigenvalue weighted by molar-refractivity contribution is 5.97. The van der Waals surface area contributed by atoms with Crippen molar-refractivity contribution < 1.29 is 18.7 Å². The number of hydrogen-bond donors (Lipinski definition) is 1. The summed E-state index contributed by atoms with van der Waals surface area (Å²) >= 11 is 0. The van der Waals surface area contributed by atoms with Gasteiger partial charge in [0.05, 0.1) is 12.6 Å². The number of nitrogens with zero attached hydrogens (tertiary/aromatic N) is 1. The Hall–Kier alpha value is -2.86. The van der Waals surface area contributed by atoms with Gasteiger partial charge in [-0.05, 0) is 24.3 Å². The predicted molar refractivity (Wildman–Crippen MR) is 91.7 cm³/mol. The summed E-state index contributed by atoms with van der Waals surface area (Å²) in [5, 5.41) is 3.01. The summed E-state index contributed by atoms with van der Waals surface area (Å²) in [6.07, 6.45) is 0.600. The van der Waals surface area contributed by atoms with Crippen LogP contribution in [0.5, 0.6) is 5.75 Å². The monoisotopic (exact) mass is 338 g/mol. The van der Waals surface area contributed by atoms with E-state index in [1.54, 1.807) is 25.3 Å². The Bertz CT molecular complexity index is 919. The van der Waals surface area contributed by atoms with Crippen molar-refractivity contribution in [2.24, 2.45) is 0 Å². The molecule has 0 unspecified atom stereocenters. The van der Waals surface area contributed by atoms with Crippen LogP contribution < -0.4 is 10.1 Å². The summed E-state index contributed by atoms with van der Waals surface area (Å²) in [6.45, 7) is 0.984. The van der Waals surface area contributed by atoms with Crippen LogP contribution in [-0.2, 0) is 11.2 Å². The first-order chi connectivity index (χ1) is 12.2. The number of hydrogen-bond acceptors (Lipinski definition) is 5. The second-order valence-electron chi connectivity index (χ2n) is 5.91. The Balaban J connectivity index is 1.52. The first-order valence-electron chi connectivity index (χ1n) is 8.15. The summed E-state index contributed by atoms with van der Waals surface area (Å²) in [5.74, 6) is 1.26. The third kappa shape index (κ3) is 3.08. The number of amides is 1. The smallest absolute Gasteiger partial charge is 0.252 e. The molecule has 1 atom stereocenters. The topological polar surface area (TPSA) is 73.6 Å². The van der Waals surface area contributed by atoms with E-state index in [0.29, 0.717) is 36.7 Å². The first kappa shape index (κ1) is 15.7. The van der Waals surface area contributed by atoms with Crippen LogP contribution in [0.2, 0.25) is 0 Å². The van der Waals surface area contributed by atoms with Gasteiger partial charge < -0.3 is 19.2 Å². The largest absolute Gasteiger partial charge is 0.491 e. The number of ether oxygens (including phenoxy) is 2. The molecule has 0 radical (unpaired) electrons. The molecule has 25 heavy (non-hydrogen) atoms. The van der Waals surface area contributed by atoms with Crippen LogP contribution in [0.25, 0.3) is 11.1 Å². The van der Waals surface area contributed by atoms with Crippen LogP contribution in [-0.4, -0.2) is 31.2 Å². The summed E-state index contributed by atoms with van der Waals surface area (Å²) in [4.78, 5) is 17.0. The van der Waals surface area contributed by atoms with Gasteiger partial charge in [-0.2, -0.15) is 0 Å². The van der Waals surface area contributed by atoms with E-state index in [1.165, 1.54) is 0 Å². The second-order valence-corrected chi connectivity index (χ2v) is 5.91. The zero-order valence-electron chi connectivity index (χ0n) is 13.8. The van der Waals surface area contributed by atoms with Gasteiger partial charge in [0, 0.05) is 24.7 Å². The standard InChI is InChI=1S/C19H18N2O4/c1-23-9-8-18-20-14-7-6-12(10-17(14)25-18)19(22)21-15-11-24-16-5-3-2-4-13(15)16/h2-7,10,15H,8-9,11H2,1H3,(H,21,22)/t15-/m1/s1. The van der Waals surface area contributed by atoms with Gasteiger partial charge >= 0.3 is 0 Å². The highest BCUT2D eigenvalue weighted by Gasteiger charge is 2.25. The third-order valence-corrected chi connectivity index (χ3v) is 4.22. The molecule has 1 aliphatic heterocycles. The van der Waals surface area contributed by atoms with E-state index < -0.39 is 0 Å².